The van der Waals surface area contributed by atoms with E-state index in [4.69, 9.17) is 10.3 Å². The van der Waals surface area contributed by atoms with Gasteiger partial charge in [0.15, 0.2) is 6.29 Å². The molecule has 0 atom stereocenters. The van der Waals surface area contributed by atoms with E-state index in [2.05, 4.69) is 10.1 Å². The average molecular weight is 235 g/mol. The maximum absolute atomic E-state index is 13.3. The maximum Gasteiger partial charge on any atom is 0.240 e. The number of nitrogens with two attached hydrogens (primary N) is 1. The summed E-state index contributed by atoms with van der Waals surface area (Å²) in [6.45, 7) is 1.71. The SMILES string of the molecule is Cc1cc(-c2noc(CN)n2)c(C=O)cc1F. The number of benzene rings is 1. The molecule has 2 N–H and O–H groups in total. The highest BCUT2D eigenvalue weighted by Gasteiger charge is 2.14. The van der Waals surface area contributed by atoms with E-state index in [0.29, 0.717) is 17.4 Å². The first-order chi connectivity index (χ1) is 8.15. The van der Waals surface area contributed by atoms with Gasteiger partial charge in [-0.1, -0.05) is 5.16 Å². The van der Waals surface area contributed by atoms with Crippen molar-refractivity contribution in [3.8, 4) is 11.4 Å². The monoisotopic (exact) mass is 235 g/mol. The van der Waals surface area contributed by atoms with Crippen molar-refractivity contribution in [2.45, 2.75) is 13.5 Å². The van der Waals surface area contributed by atoms with E-state index in [0.717, 1.165) is 6.07 Å². The van der Waals surface area contributed by atoms with Gasteiger partial charge >= 0.3 is 0 Å². The molecule has 0 fully saturated rings. The minimum Gasteiger partial charge on any atom is -0.338 e. The Morgan fingerprint density at radius 2 is 2.29 bits per heavy atom. The summed E-state index contributed by atoms with van der Waals surface area (Å²) in [7, 11) is 0. The Morgan fingerprint density at radius 3 is 2.88 bits per heavy atom. The van der Waals surface area contributed by atoms with Crippen molar-refractivity contribution >= 4 is 6.29 Å². The number of carbonyl (C=O) groups excluding carboxylic acids is 1. The second-order valence-electron chi connectivity index (χ2n) is 3.52. The molecule has 6 heteroatoms. The molecule has 0 unspecified atom stereocenters. The Hall–Kier alpha value is -2.08. The smallest absolute Gasteiger partial charge is 0.240 e. The normalized spacial score (nSPS) is 10.5. The molecule has 0 saturated carbocycles. The molecule has 88 valence electrons. The fraction of sp³-hybridized carbons (Fsp3) is 0.182. The summed E-state index contributed by atoms with van der Waals surface area (Å²) in [4.78, 5) is 14.9. The fourth-order valence-corrected chi connectivity index (χ4v) is 1.44. The second kappa shape index (κ2) is 4.42. The van der Waals surface area contributed by atoms with E-state index in [1.54, 1.807) is 6.92 Å². The Morgan fingerprint density at radius 1 is 1.53 bits per heavy atom. The molecule has 0 aliphatic carbocycles. The number of nitrogens with zero attached hydrogens (tertiary/aromatic N) is 2. The highest BCUT2D eigenvalue weighted by atomic mass is 19.1. The molecule has 0 aliphatic rings. The molecule has 5 nitrogen and oxygen atoms in total. The van der Waals surface area contributed by atoms with Gasteiger partial charge in [-0.3, -0.25) is 4.79 Å². The van der Waals surface area contributed by atoms with Crippen LogP contribution in [0.15, 0.2) is 16.7 Å². The van der Waals surface area contributed by atoms with Crippen LogP contribution in [0.1, 0.15) is 21.8 Å². The molecule has 0 bridgehead atoms. The predicted molar refractivity (Wildman–Crippen MR) is 57.7 cm³/mol. The topological polar surface area (TPSA) is 82.0 Å². The zero-order valence-corrected chi connectivity index (χ0v) is 9.11. The quantitative estimate of drug-likeness (QED) is 0.814. The Kier molecular flexibility index (Phi) is 2.97. The van der Waals surface area contributed by atoms with Crippen molar-refractivity contribution in [3.05, 3.63) is 35.0 Å². The van der Waals surface area contributed by atoms with Crippen molar-refractivity contribution in [1.82, 2.24) is 10.1 Å². The summed E-state index contributed by atoms with van der Waals surface area (Å²) < 4.78 is 18.1. The van der Waals surface area contributed by atoms with E-state index in [-0.39, 0.29) is 23.8 Å². The number of halogens is 1. The molecule has 0 radical (unpaired) electrons. The molecule has 1 aromatic carbocycles. The van der Waals surface area contributed by atoms with Gasteiger partial charge in [0.05, 0.1) is 6.54 Å². The molecule has 0 spiro atoms. The van der Waals surface area contributed by atoms with E-state index < -0.39 is 5.82 Å². The number of rotatable bonds is 3. The molecule has 1 heterocycles. The van der Waals surface area contributed by atoms with Crippen molar-refractivity contribution < 1.29 is 13.7 Å². The van der Waals surface area contributed by atoms with Crippen molar-refractivity contribution in [3.63, 3.8) is 0 Å². The van der Waals surface area contributed by atoms with Crippen molar-refractivity contribution in [1.29, 1.82) is 0 Å². The van der Waals surface area contributed by atoms with Gasteiger partial charge in [0.1, 0.15) is 5.82 Å². The van der Waals surface area contributed by atoms with Crippen LogP contribution in [0.5, 0.6) is 0 Å². The van der Waals surface area contributed by atoms with Crippen LogP contribution in [0.25, 0.3) is 11.4 Å². The van der Waals surface area contributed by atoms with Gasteiger partial charge in [-0.2, -0.15) is 4.98 Å². The number of hydrogen-bond acceptors (Lipinski definition) is 5. The highest BCUT2D eigenvalue weighted by molar-refractivity contribution is 5.85. The number of aldehydes is 1. The summed E-state index contributed by atoms with van der Waals surface area (Å²) in [5.41, 5.74) is 6.36. The first-order valence-corrected chi connectivity index (χ1v) is 4.94. The molecule has 2 aromatic rings. The number of aryl methyl sites for hydroxylation is 1. The molecule has 17 heavy (non-hydrogen) atoms. The van der Waals surface area contributed by atoms with E-state index >= 15 is 0 Å². The lowest BCUT2D eigenvalue weighted by Crippen LogP contribution is -1.97. The van der Waals surface area contributed by atoms with Crippen LogP contribution in [0.4, 0.5) is 4.39 Å². The second-order valence-corrected chi connectivity index (χ2v) is 3.52. The van der Waals surface area contributed by atoms with Crippen molar-refractivity contribution in [2.24, 2.45) is 5.73 Å². The van der Waals surface area contributed by atoms with Gasteiger partial charge in [-0.15, -0.1) is 0 Å². The fourth-order valence-electron chi connectivity index (χ4n) is 1.44. The van der Waals surface area contributed by atoms with E-state index in [9.17, 15) is 9.18 Å². The van der Waals surface area contributed by atoms with Gasteiger partial charge < -0.3 is 10.3 Å². The number of carbonyl (C=O) groups is 1. The van der Waals surface area contributed by atoms with Gasteiger partial charge in [-0.25, -0.2) is 4.39 Å². The van der Waals surface area contributed by atoms with Crippen LogP contribution in [0.2, 0.25) is 0 Å². The Labute approximate surface area is 96.4 Å². The van der Waals surface area contributed by atoms with Crippen LogP contribution in [0, 0.1) is 12.7 Å². The summed E-state index contributed by atoms with van der Waals surface area (Å²) in [5, 5.41) is 3.69. The van der Waals surface area contributed by atoms with Gasteiger partial charge in [-0.05, 0) is 24.6 Å². The van der Waals surface area contributed by atoms with E-state index in [1.165, 1.54) is 6.07 Å². The molecular weight excluding hydrogens is 225 g/mol. The third kappa shape index (κ3) is 2.07. The lowest BCUT2D eigenvalue weighted by Gasteiger charge is -2.02. The molecule has 0 amide bonds. The standard InChI is InChI=1S/C11H10FN3O2/c1-6-2-8(7(5-16)3-9(6)12)11-14-10(4-13)17-15-11/h2-3,5H,4,13H2,1H3. The molecule has 1 aromatic heterocycles. The predicted octanol–water partition coefficient (Wildman–Crippen LogP) is 1.46. The summed E-state index contributed by atoms with van der Waals surface area (Å²) in [6, 6.07) is 2.65. The summed E-state index contributed by atoms with van der Waals surface area (Å²) in [5.74, 6) is 0.0490. The number of hydrogen-bond donors (Lipinski definition) is 1. The van der Waals surface area contributed by atoms with E-state index in [1.807, 2.05) is 0 Å². The third-order valence-corrected chi connectivity index (χ3v) is 2.34. The Bertz CT molecular complexity index is 566. The Balaban J connectivity index is 2.57. The number of aromatic nitrogens is 2. The zero-order valence-electron chi connectivity index (χ0n) is 9.11. The lowest BCUT2D eigenvalue weighted by molar-refractivity contribution is 0.112. The van der Waals surface area contributed by atoms with Crippen LogP contribution >= 0.6 is 0 Å². The van der Waals surface area contributed by atoms with Crippen molar-refractivity contribution in [2.75, 3.05) is 0 Å². The van der Waals surface area contributed by atoms with Gasteiger partial charge in [0, 0.05) is 11.1 Å². The molecule has 2 rings (SSSR count). The summed E-state index contributed by atoms with van der Waals surface area (Å²) >= 11 is 0. The minimum atomic E-state index is -0.446. The lowest BCUT2D eigenvalue weighted by atomic mass is 10.0. The maximum atomic E-state index is 13.3. The first kappa shape index (κ1) is 11.4. The van der Waals surface area contributed by atoms with Crippen LogP contribution in [-0.2, 0) is 6.54 Å². The van der Waals surface area contributed by atoms with Crippen LogP contribution < -0.4 is 5.73 Å². The first-order valence-electron chi connectivity index (χ1n) is 4.94. The van der Waals surface area contributed by atoms with Crippen LogP contribution in [0.3, 0.4) is 0 Å². The average Bonchev–Trinajstić information content (AvgIpc) is 2.80. The van der Waals surface area contributed by atoms with Gasteiger partial charge in [0.25, 0.3) is 0 Å². The molecule has 0 saturated heterocycles. The third-order valence-electron chi connectivity index (χ3n) is 2.34. The summed E-state index contributed by atoms with van der Waals surface area (Å²) in [6.07, 6.45) is 0.552. The highest BCUT2D eigenvalue weighted by Crippen LogP contribution is 2.23. The largest absolute Gasteiger partial charge is 0.338 e. The molecule has 0 aliphatic heterocycles. The zero-order chi connectivity index (χ0) is 12.4. The molecular formula is C11H10FN3O2. The minimum absolute atomic E-state index is 0.115. The van der Waals surface area contributed by atoms with Gasteiger partial charge in [0.2, 0.25) is 11.7 Å². The van der Waals surface area contributed by atoms with Crippen LogP contribution in [-0.4, -0.2) is 16.4 Å².